The highest BCUT2D eigenvalue weighted by Crippen LogP contribution is 2.66. The summed E-state index contributed by atoms with van der Waals surface area (Å²) in [5.74, 6) is 1.91. The molecule has 4 aliphatic carbocycles. The van der Waals surface area contributed by atoms with Crippen molar-refractivity contribution in [2.75, 3.05) is 7.11 Å². The van der Waals surface area contributed by atoms with Gasteiger partial charge >= 0.3 is 0 Å². The Bertz CT molecular complexity index is 225. The van der Waals surface area contributed by atoms with Gasteiger partial charge in [0.2, 0.25) is 0 Å². The zero-order valence-corrected chi connectivity index (χ0v) is 8.81. The largest absolute Gasteiger partial charge is 0.378 e. The van der Waals surface area contributed by atoms with Gasteiger partial charge in [-0.05, 0) is 55.8 Å². The maximum absolute atomic E-state index is 5.82. The first-order valence-electron chi connectivity index (χ1n) is 5.71. The zero-order chi connectivity index (χ0) is 9.10. The van der Waals surface area contributed by atoms with Crippen molar-refractivity contribution in [3.8, 4) is 0 Å². The highest BCUT2D eigenvalue weighted by Gasteiger charge is 2.59. The van der Waals surface area contributed by atoms with E-state index >= 15 is 0 Å². The van der Waals surface area contributed by atoms with Crippen LogP contribution >= 0.6 is 0 Å². The molecule has 0 aromatic carbocycles. The standard InChI is InChI=1S/C12H20O/c1-9-3-11-5-10(6-11)7-12(4-9,8-11)13-2/h9-10H,3-8H2,1-2H3. The minimum Gasteiger partial charge on any atom is -0.378 e. The van der Waals surface area contributed by atoms with Gasteiger partial charge in [-0.2, -0.15) is 0 Å². The first-order chi connectivity index (χ1) is 6.15. The van der Waals surface area contributed by atoms with Crippen molar-refractivity contribution in [2.45, 2.75) is 51.0 Å². The fourth-order valence-corrected chi connectivity index (χ4v) is 4.81. The Morgan fingerprint density at radius 1 is 1.08 bits per heavy atom. The average molecular weight is 180 g/mol. The Balaban J connectivity index is 1.90. The van der Waals surface area contributed by atoms with E-state index < -0.39 is 0 Å². The van der Waals surface area contributed by atoms with E-state index in [1.807, 2.05) is 7.11 Å². The van der Waals surface area contributed by atoms with Crippen LogP contribution < -0.4 is 0 Å². The van der Waals surface area contributed by atoms with Crippen molar-refractivity contribution in [3.63, 3.8) is 0 Å². The fraction of sp³-hybridized carbons (Fsp3) is 1.00. The second-order valence-corrected chi connectivity index (χ2v) is 6.06. The molecule has 0 N–H and O–H groups in total. The van der Waals surface area contributed by atoms with Gasteiger partial charge in [-0.3, -0.25) is 0 Å². The lowest BCUT2D eigenvalue weighted by molar-refractivity contribution is -0.198. The van der Waals surface area contributed by atoms with Gasteiger partial charge in [0.05, 0.1) is 5.60 Å². The average Bonchev–Trinajstić information content (AvgIpc) is 2.00. The van der Waals surface area contributed by atoms with Gasteiger partial charge in [-0.15, -0.1) is 0 Å². The Kier molecular flexibility index (Phi) is 1.47. The molecule has 0 aliphatic heterocycles. The third-order valence-corrected chi connectivity index (χ3v) is 4.74. The molecule has 4 rings (SSSR count). The van der Waals surface area contributed by atoms with Crippen LogP contribution in [0.25, 0.3) is 0 Å². The van der Waals surface area contributed by atoms with Crippen LogP contribution in [0.4, 0.5) is 0 Å². The Hall–Kier alpha value is -0.0400. The van der Waals surface area contributed by atoms with E-state index in [-0.39, 0.29) is 0 Å². The van der Waals surface area contributed by atoms with Crippen molar-refractivity contribution in [1.82, 2.24) is 0 Å². The van der Waals surface area contributed by atoms with Crippen LogP contribution in [0.2, 0.25) is 0 Å². The topological polar surface area (TPSA) is 9.23 Å². The molecule has 4 fully saturated rings. The van der Waals surface area contributed by atoms with Crippen molar-refractivity contribution in [1.29, 1.82) is 0 Å². The van der Waals surface area contributed by atoms with Crippen molar-refractivity contribution >= 4 is 0 Å². The molecule has 0 aromatic heterocycles. The Labute approximate surface area is 80.8 Å². The molecule has 0 saturated heterocycles. The highest BCUT2D eigenvalue weighted by molar-refractivity contribution is 5.11. The van der Waals surface area contributed by atoms with Crippen molar-refractivity contribution in [3.05, 3.63) is 0 Å². The number of hydrogen-bond donors (Lipinski definition) is 0. The summed E-state index contributed by atoms with van der Waals surface area (Å²) in [4.78, 5) is 0. The third-order valence-electron chi connectivity index (χ3n) is 4.74. The summed E-state index contributed by atoms with van der Waals surface area (Å²) in [7, 11) is 1.93. The van der Waals surface area contributed by atoms with Crippen molar-refractivity contribution < 1.29 is 4.74 Å². The predicted octanol–water partition coefficient (Wildman–Crippen LogP) is 2.99. The van der Waals surface area contributed by atoms with Crippen LogP contribution in [0.5, 0.6) is 0 Å². The van der Waals surface area contributed by atoms with Crippen LogP contribution in [0.1, 0.15) is 45.4 Å². The summed E-state index contributed by atoms with van der Waals surface area (Å²) in [6.45, 7) is 2.41. The second kappa shape index (κ2) is 2.31. The van der Waals surface area contributed by atoms with Crippen LogP contribution in [0, 0.1) is 17.3 Å². The molecule has 4 aliphatic rings. The van der Waals surface area contributed by atoms with E-state index in [1.165, 1.54) is 38.5 Å². The molecule has 1 spiro atoms. The molecule has 0 aromatic rings. The van der Waals surface area contributed by atoms with Gasteiger partial charge in [0.15, 0.2) is 0 Å². The summed E-state index contributed by atoms with van der Waals surface area (Å²) in [6.07, 6.45) is 8.56. The minimum absolute atomic E-state index is 0.304. The quantitative estimate of drug-likeness (QED) is 0.602. The lowest BCUT2D eigenvalue weighted by Gasteiger charge is -2.64. The van der Waals surface area contributed by atoms with Gasteiger partial charge in [-0.25, -0.2) is 0 Å². The summed E-state index contributed by atoms with van der Waals surface area (Å²) < 4.78 is 5.82. The van der Waals surface area contributed by atoms with E-state index in [2.05, 4.69) is 6.92 Å². The molecule has 74 valence electrons. The highest BCUT2D eigenvalue weighted by atomic mass is 16.5. The van der Waals surface area contributed by atoms with Gasteiger partial charge in [-0.1, -0.05) is 6.92 Å². The van der Waals surface area contributed by atoms with Gasteiger partial charge < -0.3 is 4.74 Å². The molecule has 0 amide bonds. The molecule has 13 heavy (non-hydrogen) atoms. The van der Waals surface area contributed by atoms with E-state index in [4.69, 9.17) is 4.74 Å². The summed E-state index contributed by atoms with van der Waals surface area (Å²) >= 11 is 0. The van der Waals surface area contributed by atoms with E-state index in [9.17, 15) is 0 Å². The van der Waals surface area contributed by atoms with Crippen LogP contribution in [-0.2, 0) is 4.74 Å². The maximum atomic E-state index is 5.82. The number of rotatable bonds is 1. The summed E-state index contributed by atoms with van der Waals surface area (Å²) in [5, 5.41) is 0. The molecule has 0 radical (unpaired) electrons. The number of hydrogen-bond acceptors (Lipinski definition) is 1. The molecular weight excluding hydrogens is 160 g/mol. The van der Waals surface area contributed by atoms with Crippen LogP contribution in [-0.4, -0.2) is 12.7 Å². The number of ether oxygens (including phenoxy) is 1. The predicted molar refractivity (Wildman–Crippen MR) is 52.5 cm³/mol. The van der Waals surface area contributed by atoms with Gasteiger partial charge in [0.25, 0.3) is 0 Å². The first-order valence-corrected chi connectivity index (χ1v) is 5.71. The summed E-state index contributed by atoms with van der Waals surface area (Å²) in [5.41, 5.74) is 1.04. The first kappa shape index (κ1) is 8.28. The fourth-order valence-electron chi connectivity index (χ4n) is 4.81. The van der Waals surface area contributed by atoms with E-state index in [0.717, 1.165) is 17.3 Å². The molecule has 1 heteroatoms. The van der Waals surface area contributed by atoms with E-state index in [0.29, 0.717) is 5.60 Å². The van der Waals surface area contributed by atoms with E-state index in [1.54, 1.807) is 0 Å². The molecule has 2 unspecified atom stereocenters. The third kappa shape index (κ3) is 1.03. The Morgan fingerprint density at radius 2 is 1.85 bits per heavy atom. The monoisotopic (exact) mass is 180 g/mol. The molecule has 0 heterocycles. The van der Waals surface area contributed by atoms with Gasteiger partial charge in [0.1, 0.15) is 0 Å². The molecular formula is C12H20O. The molecule has 2 atom stereocenters. The SMILES string of the molecule is COC12CC(C)CC3(CC(C3)C1)C2. The summed E-state index contributed by atoms with van der Waals surface area (Å²) in [6, 6.07) is 0. The minimum atomic E-state index is 0.304. The van der Waals surface area contributed by atoms with Crippen LogP contribution in [0.3, 0.4) is 0 Å². The second-order valence-electron chi connectivity index (χ2n) is 6.06. The normalized spacial score (nSPS) is 58.6. The Morgan fingerprint density at radius 3 is 2.54 bits per heavy atom. The van der Waals surface area contributed by atoms with Crippen molar-refractivity contribution in [2.24, 2.45) is 17.3 Å². The van der Waals surface area contributed by atoms with Gasteiger partial charge in [0, 0.05) is 7.11 Å². The lowest BCUT2D eigenvalue weighted by atomic mass is 9.44. The molecule has 1 nitrogen and oxygen atoms in total. The maximum Gasteiger partial charge on any atom is 0.0689 e. The zero-order valence-electron chi connectivity index (χ0n) is 8.81. The number of methoxy groups -OCH3 is 1. The molecule has 3 bridgehead atoms. The molecule has 4 saturated carbocycles. The lowest BCUT2D eigenvalue weighted by Crippen LogP contribution is -2.58. The smallest absolute Gasteiger partial charge is 0.0689 e. The van der Waals surface area contributed by atoms with Crippen LogP contribution in [0.15, 0.2) is 0 Å².